The molecule has 0 aliphatic heterocycles. The summed E-state index contributed by atoms with van der Waals surface area (Å²) >= 11 is 0. The minimum absolute atomic E-state index is 0.0394. The second kappa shape index (κ2) is 3.48. The quantitative estimate of drug-likeness (QED) is 0.620. The molecule has 2 nitrogen and oxygen atoms in total. The van der Waals surface area contributed by atoms with E-state index in [1.165, 1.54) is 12.3 Å². The van der Waals surface area contributed by atoms with Gasteiger partial charge in [0.25, 0.3) is 5.92 Å². The van der Waals surface area contributed by atoms with E-state index in [0.717, 1.165) is 6.92 Å². The Kier molecular flexibility index (Phi) is 2.57. The molecule has 0 aromatic carbocycles. The van der Waals surface area contributed by atoms with Crippen molar-refractivity contribution >= 4 is 0 Å². The molecule has 0 saturated carbocycles. The van der Waals surface area contributed by atoms with E-state index in [4.69, 9.17) is 0 Å². The van der Waals surface area contributed by atoms with Gasteiger partial charge < -0.3 is 0 Å². The highest BCUT2D eigenvalue weighted by Crippen LogP contribution is 2.27. The fourth-order valence-electron chi connectivity index (χ4n) is 0.897. The summed E-state index contributed by atoms with van der Waals surface area (Å²) in [5, 5.41) is 7.02. The zero-order valence-electron chi connectivity index (χ0n) is 7.31. The molecule has 0 bridgehead atoms. The average molecular weight is 182 g/mol. The van der Waals surface area contributed by atoms with Gasteiger partial charge in [0.15, 0.2) is 0 Å². The van der Waals surface area contributed by atoms with Crippen LogP contribution in [0.3, 0.4) is 0 Å². The summed E-state index contributed by atoms with van der Waals surface area (Å²) in [6.45, 7) is 2.37. The number of hydrogen-bond donors (Lipinski definition) is 0. The number of rotatable bonds is 1. The van der Waals surface area contributed by atoms with Crippen LogP contribution in [0.2, 0.25) is 0 Å². The molecule has 0 N–H and O–H groups in total. The first-order valence-corrected chi connectivity index (χ1v) is 3.68. The van der Waals surface area contributed by atoms with Gasteiger partial charge in [-0.25, -0.2) is 8.78 Å². The Morgan fingerprint density at radius 2 is 2.15 bits per heavy atom. The monoisotopic (exact) mass is 182 g/mol. The van der Waals surface area contributed by atoms with Gasteiger partial charge in [0.05, 0.1) is 11.8 Å². The highest BCUT2D eigenvalue weighted by atomic mass is 19.3. The van der Waals surface area contributed by atoms with Crippen molar-refractivity contribution in [3.8, 4) is 11.8 Å². The summed E-state index contributed by atoms with van der Waals surface area (Å²) in [5.74, 6) is 2.07. The maximum atomic E-state index is 12.9. The van der Waals surface area contributed by atoms with Gasteiger partial charge >= 0.3 is 0 Å². The van der Waals surface area contributed by atoms with E-state index in [0.29, 0.717) is 0 Å². The van der Waals surface area contributed by atoms with E-state index >= 15 is 0 Å². The van der Waals surface area contributed by atoms with Crippen LogP contribution < -0.4 is 0 Å². The van der Waals surface area contributed by atoms with Crippen molar-refractivity contribution in [3.63, 3.8) is 0 Å². The van der Waals surface area contributed by atoms with E-state index < -0.39 is 5.92 Å². The lowest BCUT2D eigenvalue weighted by atomic mass is 10.1. The average Bonchev–Trinajstić information content (AvgIpc) is 2.04. The Bertz CT molecular complexity index is 358. The second-order valence-electron chi connectivity index (χ2n) is 2.56. The number of nitrogens with zero attached hydrogens (tertiary/aromatic N) is 2. The van der Waals surface area contributed by atoms with E-state index in [-0.39, 0.29) is 11.3 Å². The summed E-state index contributed by atoms with van der Waals surface area (Å²) in [5.41, 5.74) is -0.144. The fraction of sp³-hybridized carbons (Fsp3) is 0.333. The van der Waals surface area contributed by atoms with Crippen LogP contribution in [0, 0.1) is 11.8 Å². The van der Waals surface area contributed by atoms with Crippen LogP contribution in [0.4, 0.5) is 8.78 Å². The molecular weight excluding hydrogens is 174 g/mol. The zero-order chi connectivity index (χ0) is 9.90. The smallest absolute Gasteiger partial charge is 0.202 e. The molecule has 1 rings (SSSR count). The van der Waals surface area contributed by atoms with Crippen LogP contribution in [0.1, 0.15) is 25.1 Å². The maximum absolute atomic E-state index is 12.9. The molecule has 0 saturated heterocycles. The number of hydrogen-bond acceptors (Lipinski definition) is 2. The highest BCUT2D eigenvalue weighted by Gasteiger charge is 2.27. The van der Waals surface area contributed by atoms with Crippen molar-refractivity contribution in [2.24, 2.45) is 0 Å². The van der Waals surface area contributed by atoms with Crippen molar-refractivity contribution in [1.82, 2.24) is 10.2 Å². The molecule has 0 radical (unpaired) electrons. The van der Waals surface area contributed by atoms with Crippen molar-refractivity contribution < 1.29 is 8.78 Å². The molecule has 0 amide bonds. The predicted octanol–water partition coefficient (Wildman–Crippen LogP) is 1.96. The molecule has 0 aliphatic rings. The SMILES string of the molecule is CC#Cc1nnccc1C(C)(F)F. The molecule has 1 aromatic heterocycles. The molecule has 68 valence electrons. The maximum Gasteiger partial charge on any atom is 0.273 e. The van der Waals surface area contributed by atoms with Crippen LogP contribution in [-0.2, 0) is 5.92 Å². The van der Waals surface area contributed by atoms with Crippen LogP contribution in [0.5, 0.6) is 0 Å². The minimum atomic E-state index is -2.92. The molecule has 0 atom stereocenters. The largest absolute Gasteiger partial charge is 0.273 e. The van der Waals surface area contributed by atoms with E-state index in [2.05, 4.69) is 22.0 Å². The van der Waals surface area contributed by atoms with Gasteiger partial charge in [0.1, 0.15) is 5.69 Å². The fourth-order valence-corrected chi connectivity index (χ4v) is 0.897. The predicted molar refractivity (Wildman–Crippen MR) is 44.2 cm³/mol. The van der Waals surface area contributed by atoms with Gasteiger partial charge in [-0.2, -0.15) is 5.10 Å². The summed E-state index contributed by atoms with van der Waals surface area (Å²) in [4.78, 5) is 0. The lowest BCUT2D eigenvalue weighted by Gasteiger charge is -2.10. The Morgan fingerprint density at radius 1 is 1.46 bits per heavy atom. The van der Waals surface area contributed by atoms with Crippen LogP contribution in [-0.4, -0.2) is 10.2 Å². The zero-order valence-corrected chi connectivity index (χ0v) is 7.31. The number of aromatic nitrogens is 2. The Morgan fingerprint density at radius 3 is 2.69 bits per heavy atom. The number of alkyl halides is 2. The van der Waals surface area contributed by atoms with Crippen LogP contribution in [0.15, 0.2) is 12.3 Å². The number of halogens is 2. The Labute approximate surface area is 75.0 Å². The van der Waals surface area contributed by atoms with Crippen molar-refractivity contribution in [2.45, 2.75) is 19.8 Å². The standard InChI is InChI=1S/C9H8F2N2/c1-3-4-8-7(9(2,10)11)5-6-12-13-8/h5-6H,1-2H3. The van der Waals surface area contributed by atoms with E-state index in [9.17, 15) is 8.78 Å². The Hall–Kier alpha value is -1.50. The molecule has 4 heteroatoms. The normalized spacial score (nSPS) is 10.5. The second-order valence-corrected chi connectivity index (χ2v) is 2.56. The topological polar surface area (TPSA) is 25.8 Å². The highest BCUT2D eigenvalue weighted by molar-refractivity contribution is 5.36. The molecule has 0 spiro atoms. The van der Waals surface area contributed by atoms with Crippen LogP contribution in [0.25, 0.3) is 0 Å². The van der Waals surface area contributed by atoms with Crippen molar-refractivity contribution in [1.29, 1.82) is 0 Å². The van der Waals surface area contributed by atoms with Gasteiger partial charge in [0.2, 0.25) is 0 Å². The van der Waals surface area contributed by atoms with Crippen molar-refractivity contribution in [2.75, 3.05) is 0 Å². The molecule has 0 fully saturated rings. The first kappa shape index (κ1) is 9.59. The minimum Gasteiger partial charge on any atom is -0.202 e. The lowest BCUT2D eigenvalue weighted by Crippen LogP contribution is -2.11. The van der Waals surface area contributed by atoms with E-state index in [1.54, 1.807) is 6.92 Å². The first-order valence-electron chi connectivity index (χ1n) is 3.68. The molecule has 0 unspecified atom stereocenters. The first-order chi connectivity index (χ1) is 6.05. The lowest BCUT2D eigenvalue weighted by molar-refractivity contribution is 0.0166. The van der Waals surface area contributed by atoms with Crippen LogP contribution >= 0.6 is 0 Å². The molecule has 0 aliphatic carbocycles. The summed E-state index contributed by atoms with van der Waals surface area (Å²) in [6.07, 6.45) is 1.23. The summed E-state index contributed by atoms with van der Waals surface area (Å²) < 4.78 is 25.8. The van der Waals surface area contributed by atoms with Gasteiger partial charge in [-0.15, -0.1) is 5.10 Å². The van der Waals surface area contributed by atoms with E-state index in [1.807, 2.05) is 0 Å². The van der Waals surface area contributed by atoms with Crippen molar-refractivity contribution in [3.05, 3.63) is 23.5 Å². The molecular formula is C9H8F2N2. The third-order valence-electron chi connectivity index (χ3n) is 1.44. The van der Waals surface area contributed by atoms with Gasteiger partial charge in [0, 0.05) is 6.92 Å². The van der Waals surface area contributed by atoms with Gasteiger partial charge in [-0.1, -0.05) is 5.92 Å². The summed E-state index contributed by atoms with van der Waals surface area (Å²) in [7, 11) is 0. The van der Waals surface area contributed by atoms with Gasteiger partial charge in [-0.05, 0) is 18.9 Å². The molecule has 1 aromatic rings. The van der Waals surface area contributed by atoms with Gasteiger partial charge in [-0.3, -0.25) is 0 Å². The molecule has 1 heterocycles. The Balaban J connectivity index is 3.25. The third kappa shape index (κ3) is 2.22. The summed E-state index contributed by atoms with van der Waals surface area (Å²) in [6, 6.07) is 1.23. The molecule has 13 heavy (non-hydrogen) atoms. The third-order valence-corrected chi connectivity index (χ3v) is 1.44.